The SMILES string of the molecule is CC1CCC1c1ocnc1C(=O)O. The van der Waals surface area contributed by atoms with Crippen molar-refractivity contribution in [2.24, 2.45) is 5.92 Å². The molecule has 1 aliphatic rings. The van der Waals surface area contributed by atoms with Crippen LogP contribution in [0.1, 0.15) is 41.9 Å². The first-order valence-electron chi connectivity index (χ1n) is 4.37. The van der Waals surface area contributed by atoms with E-state index in [0.717, 1.165) is 12.8 Å². The summed E-state index contributed by atoms with van der Waals surface area (Å²) in [6, 6.07) is 0. The summed E-state index contributed by atoms with van der Waals surface area (Å²) in [4.78, 5) is 14.4. The normalized spacial score (nSPS) is 26.8. The Balaban J connectivity index is 2.29. The van der Waals surface area contributed by atoms with Gasteiger partial charge in [-0.2, -0.15) is 0 Å². The lowest BCUT2D eigenvalue weighted by Crippen LogP contribution is -2.22. The van der Waals surface area contributed by atoms with Crippen LogP contribution in [-0.2, 0) is 0 Å². The predicted molar refractivity (Wildman–Crippen MR) is 44.6 cm³/mol. The van der Waals surface area contributed by atoms with Crippen LogP contribution >= 0.6 is 0 Å². The fourth-order valence-electron chi connectivity index (χ4n) is 1.74. The van der Waals surface area contributed by atoms with Crippen LogP contribution in [0.5, 0.6) is 0 Å². The van der Waals surface area contributed by atoms with E-state index < -0.39 is 5.97 Å². The average molecular weight is 181 g/mol. The van der Waals surface area contributed by atoms with Crippen molar-refractivity contribution in [3.05, 3.63) is 17.8 Å². The number of carboxylic acids is 1. The molecule has 0 aliphatic heterocycles. The molecule has 0 saturated heterocycles. The Bertz CT molecular complexity index is 331. The molecule has 0 spiro atoms. The molecular formula is C9H11NO3. The molecule has 70 valence electrons. The molecule has 0 radical (unpaired) electrons. The first kappa shape index (κ1) is 8.29. The highest BCUT2D eigenvalue weighted by Gasteiger charge is 2.34. The molecule has 13 heavy (non-hydrogen) atoms. The lowest BCUT2D eigenvalue weighted by Gasteiger charge is -2.31. The molecule has 1 aromatic rings. The molecule has 2 atom stereocenters. The van der Waals surface area contributed by atoms with E-state index in [2.05, 4.69) is 11.9 Å². The molecule has 1 fully saturated rings. The van der Waals surface area contributed by atoms with E-state index in [9.17, 15) is 4.79 Å². The van der Waals surface area contributed by atoms with Crippen LogP contribution in [-0.4, -0.2) is 16.1 Å². The van der Waals surface area contributed by atoms with Crippen LogP contribution in [0.3, 0.4) is 0 Å². The number of carbonyl (C=O) groups is 1. The Morgan fingerprint density at radius 2 is 2.46 bits per heavy atom. The maximum Gasteiger partial charge on any atom is 0.358 e. The standard InChI is InChI=1S/C9H11NO3/c1-5-2-3-6(5)8-7(9(11)12)10-4-13-8/h4-6H,2-3H2,1H3,(H,11,12). The largest absolute Gasteiger partial charge is 0.476 e. The summed E-state index contributed by atoms with van der Waals surface area (Å²) >= 11 is 0. The molecule has 4 nitrogen and oxygen atoms in total. The smallest absolute Gasteiger partial charge is 0.358 e. The van der Waals surface area contributed by atoms with Gasteiger partial charge in [0, 0.05) is 5.92 Å². The highest BCUT2D eigenvalue weighted by Crippen LogP contribution is 2.42. The van der Waals surface area contributed by atoms with Crippen molar-refractivity contribution in [3.63, 3.8) is 0 Å². The van der Waals surface area contributed by atoms with Gasteiger partial charge in [-0.05, 0) is 18.8 Å². The molecule has 1 heterocycles. The highest BCUT2D eigenvalue weighted by atomic mass is 16.4. The Labute approximate surface area is 75.6 Å². The quantitative estimate of drug-likeness (QED) is 0.756. The lowest BCUT2D eigenvalue weighted by molar-refractivity contribution is 0.0685. The third-order valence-corrected chi connectivity index (χ3v) is 2.75. The molecule has 1 aliphatic carbocycles. The van der Waals surface area contributed by atoms with Crippen LogP contribution in [0.2, 0.25) is 0 Å². The Hall–Kier alpha value is -1.32. The number of hydrogen-bond donors (Lipinski definition) is 1. The summed E-state index contributed by atoms with van der Waals surface area (Å²) in [6.45, 7) is 2.10. The first-order chi connectivity index (χ1) is 6.20. The summed E-state index contributed by atoms with van der Waals surface area (Å²) in [5.74, 6) is 0.328. The summed E-state index contributed by atoms with van der Waals surface area (Å²) < 4.78 is 5.11. The van der Waals surface area contributed by atoms with Gasteiger partial charge in [0.2, 0.25) is 0 Å². The Morgan fingerprint density at radius 3 is 2.92 bits per heavy atom. The fraction of sp³-hybridized carbons (Fsp3) is 0.556. The van der Waals surface area contributed by atoms with Crippen molar-refractivity contribution in [2.75, 3.05) is 0 Å². The van der Waals surface area contributed by atoms with Gasteiger partial charge in [0.1, 0.15) is 5.76 Å². The topological polar surface area (TPSA) is 63.3 Å². The van der Waals surface area contributed by atoms with E-state index in [0.29, 0.717) is 11.7 Å². The summed E-state index contributed by atoms with van der Waals surface area (Å²) in [5, 5.41) is 8.79. The van der Waals surface area contributed by atoms with Gasteiger partial charge in [-0.1, -0.05) is 6.92 Å². The maximum absolute atomic E-state index is 10.7. The fourth-order valence-corrected chi connectivity index (χ4v) is 1.74. The van der Waals surface area contributed by atoms with Gasteiger partial charge in [-0.3, -0.25) is 0 Å². The number of rotatable bonds is 2. The third-order valence-electron chi connectivity index (χ3n) is 2.75. The minimum Gasteiger partial charge on any atom is -0.476 e. The second-order valence-corrected chi connectivity index (χ2v) is 3.53. The van der Waals surface area contributed by atoms with E-state index >= 15 is 0 Å². The van der Waals surface area contributed by atoms with Gasteiger partial charge in [0.05, 0.1) is 0 Å². The zero-order valence-corrected chi connectivity index (χ0v) is 7.36. The maximum atomic E-state index is 10.7. The van der Waals surface area contributed by atoms with E-state index in [4.69, 9.17) is 9.52 Å². The zero-order valence-electron chi connectivity index (χ0n) is 7.36. The lowest BCUT2D eigenvalue weighted by atomic mass is 9.73. The minimum absolute atomic E-state index is 0.0801. The van der Waals surface area contributed by atoms with Crippen LogP contribution in [0, 0.1) is 5.92 Å². The molecule has 1 N–H and O–H groups in total. The molecule has 2 unspecified atom stereocenters. The van der Waals surface area contributed by atoms with Gasteiger partial charge >= 0.3 is 5.97 Å². The number of aromatic nitrogens is 1. The van der Waals surface area contributed by atoms with Crippen molar-refractivity contribution in [3.8, 4) is 0 Å². The van der Waals surface area contributed by atoms with Crippen molar-refractivity contribution < 1.29 is 14.3 Å². The number of hydrogen-bond acceptors (Lipinski definition) is 3. The van der Waals surface area contributed by atoms with Gasteiger partial charge < -0.3 is 9.52 Å². The van der Waals surface area contributed by atoms with E-state index in [1.165, 1.54) is 6.39 Å². The molecule has 4 heteroatoms. The molecule has 1 saturated carbocycles. The first-order valence-corrected chi connectivity index (χ1v) is 4.37. The van der Waals surface area contributed by atoms with E-state index in [1.54, 1.807) is 0 Å². The van der Waals surface area contributed by atoms with Crippen molar-refractivity contribution in [1.82, 2.24) is 4.98 Å². The number of oxazole rings is 1. The highest BCUT2D eigenvalue weighted by molar-refractivity contribution is 5.86. The van der Waals surface area contributed by atoms with Gasteiger partial charge in [0.25, 0.3) is 0 Å². The number of aromatic carboxylic acids is 1. The molecule has 0 aromatic carbocycles. The Morgan fingerprint density at radius 1 is 1.69 bits per heavy atom. The zero-order chi connectivity index (χ0) is 9.42. The molecule has 1 aromatic heterocycles. The Kier molecular flexibility index (Phi) is 1.83. The predicted octanol–water partition coefficient (Wildman–Crippen LogP) is 1.89. The molecular weight excluding hydrogens is 170 g/mol. The second kappa shape index (κ2) is 2.87. The summed E-state index contributed by atoms with van der Waals surface area (Å²) in [5.41, 5.74) is 0.0801. The monoisotopic (exact) mass is 181 g/mol. The van der Waals surface area contributed by atoms with Crippen LogP contribution in [0.25, 0.3) is 0 Å². The van der Waals surface area contributed by atoms with Crippen molar-refractivity contribution >= 4 is 5.97 Å². The van der Waals surface area contributed by atoms with E-state index in [-0.39, 0.29) is 11.6 Å². The van der Waals surface area contributed by atoms with Crippen LogP contribution in [0.4, 0.5) is 0 Å². The summed E-state index contributed by atoms with van der Waals surface area (Å²) in [7, 11) is 0. The second-order valence-electron chi connectivity index (χ2n) is 3.53. The van der Waals surface area contributed by atoms with Crippen LogP contribution < -0.4 is 0 Å². The van der Waals surface area contributed by atoms with Gasteiger partial charge in [-0.15, -0.1) is 0 Å². The van der Waals surface area contributed by atoms with E-state index in [1.807, 2.05) is 0 Å². The van der Waals surface area contributed by atoms with Crippen molar-refractivity contribution in [1.29, 1.82) is 0 Å². The van der Waals surface area contributed by atoms with Gasteiger partial charge in [-0.25, -0.2) is 9.78 Å². The van der Waals surface area contributed by atoms with Crippen LogP contribution in [0.15, 0.2) is 10.8 Å². The summed E-state index contributed by atoms with van der Waals surface area (Å²) in [6.07, 6.45) is 3.37. The molecule has 0 bridgehead atoms. The minimum atomic E-state index is -0.997. The van der Waals surface area contributed by atoms with Gasteiger partial charge in [0.15, 0.2) is 12.1 Å². The average Bonchev–Trinajstić information content (AvgIpc) is 2.50. The molecule has 0 amide bonds. The molecule has 2 rings (SSSR count). The third kappa shape index (κ3) is 1.22. The van der Waals surface area contributed by atoms with Crippen molar-refractivity contribution in [2.45, 2.75) is 25.7 Å². The number of nitrogens with zero attached hydrogens (tertiary/aromatic N) is 1. The number of carboxylic acid groups (broad SMARTS) is 1.